The number of carbonyl (C=O) groups excluding carboxylic acids is 1. The molecule has 2 nitrogen and oxygen atoms in total. The molecule has 0 aliphatic carbocycles. The third kappa shape index (κ3) is 14.8. The summed E-state index contributed by atoms with van der Waals surface area (Å²) in [7, 11) is 0. The molecule has 0 rings (SSSR count). The predicted molar refractivity (Wildman–Crippen MR) is 95.8 cm³/mol. The zero-order valence-electron chi connectivity index (χ0n) is 14.9. The Kier molecular flexibility index (Phi) is 12.2. The monoisotopic (exact) mass is 304 g/mol. The van der Waals surface area contributed by atoms with Crippen LogP contribution in [0.2, 0.25) is 0 Å². The van der Waals surface area contributed by atoms with Crippen molar-refractivity contribution in [2.45, 2.75) is 66.7 Å². The lowest BCUT2D eigenvalue weighted by Gasteiger charge is -2.01. The minimum Gasteiger partial charge on any atom is -0.462 e. The van der Waals surface area contributed by atoms with Gasteiger partial charge < -0.3 is 4.74 Å². The van der Waals surface area contributed by atoms with Gasteiger partial charge in [-0.25, -0.2) is 0 Å². The fraction of sp³-hybridized carbons (Fsp3) is 0.550. The minimum atomic E-state index is -0.233. The standard InChI is InChI=1S/C20H32O2/c1-17(2)11-9-13-19(4)15-10-14-18(3)12-7-6-8-16-22-20(5)21/h6,8,11-12,15H,7,9-10,13-14,16H2,1-5H3/b8-6+,18-12?,19-15+. The number of hydrogen-bond donors (Lipinski definition) is 0. The first-order valence-electron chi connectivity index (χ1n) is 8.14. The van der Waals surface area contributed by atoms with E-state index in [1.165, 1.54) is 23.6 Å². The van der Waals surface area contributed by atoms with Gasteiger partial charge in [-0.15, -0.1) is 0 Å². The third-order valence-electron chi connectivity index (χ3n) is 3.27. The molecular weight excluding hydrogens is 272 g/mol. The van der Waals surface area contributed by atoms with Crippen LogP contribution < -0.4 is 0 Å². The van der Waals surface area contributed by atoms with Crippen molar-refractivity contribution in [2.24, 2.45) is 0 Å². The zero-order valence-corrected chi connectivity index (χ0v) is 14.9. The van der Waals surface area contributed by atoms with E-state index in [-0.39, 0.29) is 5.97 Å². The van der Waals surface area contributed by atoms with E-state index in [0.717, 1.165) is 32.1 Å². The topological polar surface area (TPSA) is 26.3 Å². The van der Waals surface area contributed by atoms with Gasteiger partial charge in [-0.2, -0.15) is 0 Å². The Labute approximate surface area is 136 Å². The van der Waals surface area contributed by atoms with E-state index >= 15 is 0 Å². The molecule has 0 aromatic rings. The average Bonchev–Trinajstić information content (AvgIpc) is 2.42. The lowest BCUT2D eigenvalue weighted by atomic mass is 10.1. The minimum absolute atomic E-state index is 0.233. The molecule has 2 heteroatoms. The predicted octanol–water partition coefficient (Wildman–Crippen LogP) is 5.92. The quantitative estimate of drug-likeness (QED) is 0.370. The van der Waals surface area contributed by atoms with Crippen LogP contribution in [0, 0.1) is 0 Å². The summed E-state index contributed by atoms with van der Waals surface area (Å²) in [5, 5.41) is 0. The normalized spacial score (nSPS) is 12.6. The van der Waals surface area contributed by atoms with Crippen molar-refractivity contribution in [1.29, 1.82) is 0 Å². The summed E-state index contributed by atoms with van der Waals surface area (Å²) in [6.45, 7) is 10.5. The maximum absolute atomic E-state index is 10.6. The third-order valence-corrected chi connectivity index (χ3v) is 3.27. The van der Waals surface area contributed by atoms with E-state index in [4.69, 9.17) is 4.74 Å². The highest BCUT2D eigenvalue weighted by atomic mass is 16.5. The summed E-state index contributed by atoms with van der Waals surface area (Å²) in [5.41, 5.74) is 4.28. The number of allylic oxidation sites excluding steroid dienone is 7. The molecule has 0 N–H and O–H groups in total. The second-order valence-electron chi connectivity index (χ2n) is 5.97. The van der Waals surface area contributed by atoms with Gasteiger partial charge in [0.05, 0.1) is 0 Å². The first kappa shape index (κ1) is 20.4. The number of ether oxygens (including phenoxy) is 1. The van der Waals surface area contributed by atoms with Crippen molar-refractivity contribution >= 4 is 5.97 Å². The molecule has 0 saturated heterocycles. The molecule has 0 amide bonds. The Hall–Kier alpha value is -1.57. The molecule has 0 aromatic carbocycles. The summed E-state index contributed by atoms with van der Waals surface area (Å²) < 4.78 is 4.83. The summed E-state index contributed by atoms with van der Waals surface area (Å²) in [6, 6.07) is 0. The number of hydrogen-bond acceptors (Lipinski definition) is 2. The summed E-state index contributed by atoms with van der Waals surface area (Å²) in [5.74, 6) is -0.233. The van der Waals surface area contributed by atoms with Crippen molar-refractivity contribution in [3.63, 3.8) is 0 Å². The second-order valence-corrected chi connectivity index (χ2v) is 5.97. The van der Waals surface area contributed by atoms with Crippen molar-refractivity contribution in [3.05, 3.63) is 47.1 Å². The molecule has 0 fully saturated rings. The SMILES string of the molecule is CC(=O)OC/C=C/CC=C(C)CC/C=C(\C)CCC=C(C)C. The number of esters is 1. The Morgan fingerprint density at radius 1 is 0.818 bits per heavy atom. The Morgan fingerprint density at radius 3 is 2.00 bits per heavy atom. The van der Waals surface area contributed by atoms with Gasteiger partial charge in [0, 0.05) is 6.92 Å². The van der Waals surface area contributed by atoms with Gasteiger partial charge in [-0.05, 0) is 59.8 Å². The number of carbonyl (C=O) groups is 1. The fourth-order valence-corrected chi connectivity index (χ4v) is 1.94. The van der Waals surface area contributed by atoms with E-state index in [9.17, 15) is 4.79 Å². The molecule has 0 bridgehead atoms. The highest BCUT2D eigenvalue weighted by Gasteiger charge is 1.92. The lowest BCUT2D eigenvalue weighted by molar-refractivity contribution is -0.139. The van der Waals surface area contributed by atoms with Crippen molar-refractivity contribution in [2.75, 3.05) is 6.61 Å². The van der Waals surface area contributed by atoms with Crippen molar-refractivity contribution < 1.29 is 9.53 Å². The van der Waals surface area contributed by atoms with Gasteiger partial charge in [0.2, 0.25) is 0 Å². The molecule has 0 aliphatic heterocycles. The molecule has 0 spiro atoms. The van der Waals surface area contributed by atoms with Crippen LogP contribution in [0.1, 0.15) is 66.7 Å². The van der Waals surface area contributed by atoms with Crippen molar-refractivity contribution in [1.82, 2.24) is 0 Å². The van der Waals surface area contributed by atoms with Gasteiger partial charge in [0.1, 0.15) is 6.61 Å². The van der Waals surface area contributed by atoms with Crippen LogP contribution in [-0.4, -0.2) is 12.6 Å². The fourth-order valence-electron chi connectivity index (χ4n) is 1.94. The lowest BCUT2D eigenvalue weighted by Crippen LogP contribution is -1.97. The van der Waals surface area contributed by atoms with E-state index in [2.05, 4.69) is 45.9 Å². The van der Waals surface area contributed by atoms with Gasteiger partial charge in [0.15, 0.2) is 0 Å². The molecule has 0 aliphatic rings. The zero-order chi connectivity index (χ0) is 16.8. The van der Waals surface area contributed by atoms with E-state index in [1.54, 1.807) is 0 Å². The van der Waals surface area contributed by atoms with Crippen LogP contribution >= 0.6 is 0 Å². The highest BCUT2D eigenvalue weighted by molar-refractivity contribution is 5.65. The molecule has 22 heavy (non-hydrogen) atoms. The summed E-state index contributed by atoms with van der Waals surface area (Å²) in [6.07, 6.45) is 16.2. The first-order valence-corrected chi connectivity index (χ1v) is 8.14. The molecule has 0 saturated carbocycles. The van der Waals surface area contributed by atoms with Crippen LogP contribution in [0.25, 0.3) is 0 Å². The number of rotatable bonds is 10. The molecule has 0 atom stereocenters. The van der Waals surface area contributed by atoms with Crippen LogP contribution in [0.15, 0.2) is 47.1 Å². The van der Waals surface area contributed by atoms with Gasteiger partial charge in [-0.1, -0.05) is 47.1 Å². The Morgan fingerprint density at radius 2 is 1.41 bits per heavy atom. The second kappa shape index (κ2) is 13.1. The molecular formula is C20H32O2. The molecule has 0 radical (unpaired) electrons. The molecule has 0 aromatic heterocycles. The van der Waals surface area contributed by atoms with E-state index < -0.39 is 0 Å². The maximum Gasteiger partial charge on any atom is 0.302 e. The Balaban J connectivity index is 3.87. The maximum atomic E-state index is 10.6. The average molecular weight is 304 g/mol. The largest absolute Gasteiger partial charge is 0.462 e. The summed E-state index contributed by atoms with van der Waals surface area (Å²) in [4.78, 5) is 10.6. The smallest absolute Gasteiger partial charge is 0.302 e. The van der Waals surface area contributed by atoms with Crippen LogP contribution in [0.5, 0.6) is 0 Å². The van der Waals surface area contributed by atoms with Crippen LogP contribution in [0.3, 0.4) is 0 Å². The van der Waals surface area contributed by atoms with Gasteiger partial charge >= 0.3 is 5.97 Å². The van der Waals surface area contributed by atoms with E-state index in [1.807, 2.05) is 12.2 Å². The van der Waals surface area contributed by atoms with Gasteiger partial charge in [-0.3, -0.25) is 4.79 Å². The molecule has 0 heterocycles. The Bertz CT molecular complexity index is 433. The van der Waals surface area contributed by atoms with Crippen LogP contribution in [0.4, 0.5) is 0 Å². The highest BCUT2D eigenvalue weighted by Crippen LogP contribution is 2.11. The van der Waals surface area contributed by atoms with E-state index in [0.29, 0.717) is 6.61 Å². The van der Waals surface area contributed by atoms with Gasteiger partial charge in [0.25, 0.3) is 0 Å². The molecule has 124 valence electrons. The van der Waals surface area contributed by atoms with Crippen LogP contribution in [-0.2, 0) is 9.53 Å². The first-order chi connectivity index (χ1) is 10.4. The summed E-state index contributed by atoms with van der Waals surface area (Å²) >= 11 is 0. The molecule has 0 unspecified atom stereocenters. The van der Waals surface area contributed by atoms with Crippen molar-refractivity contribution in [3.8, 4) is 0 Å².